The maximum Gasteiger partial charge on any atom is 0.422 e. The van der Waals surface area contributed by atoms with Crippen LogP contribution >= 0.6 is 8.73 Å². The highest BCUT2D eigenvalue weighted by molar-refractivity contribution is 7.40. The smallest absolute Gasteiger partial charge is 0.351 e. The largest absolute Gasteiger partial charge is 0.422 e. The normalized spacial score (nSPS) is 17.8. The Hall–Kier alpha value is -0.970. The van der Waals surface area contributed by atoms with Gasteiger partial charge in [0.2, 0.25) is 0 Å². The molecule has 0 aromatic heterocycles. The maximum absolute atomic E-state index is 13.7. The molecule has 0 bridgehead atoms. The van der Waals surface area contributed by atoms with E-state index in [1.54, 1.807) is 0 Å². The minimum absolute atomic E-state index is 0.0834. The Kier molecular flexibility index (Phi) is 3.45. The summed E-state index contributed by atoms with van der Waals surface area (Å²) < 4.78 is 78.7. The van der Waals surface area contributed by atoms with Gasteiger partial charge in [0, 0.05) is 12.6 Å². The Bertz CT molecular complexity index is 466. The molecule has 1 aromatic rings. The third kappa shape index (κ3) is 2.28. The summed E-state index contributed by atoms with van der Waals surface area (Å²) in [6.07, 6.45) is -3.86. The predicted octanol–water partition coefficient (Wildman–Crippen LogP) is 3.93. The molecule has 0 radical (unpaired) electrons. The fraction of sp³-hybridized carbons (Fsp3) is 0.400. The van der Waals surface area contributed by atoms with E-state index in [1.807, 2.05) is 0 Å². The SMILES string of the molecule is Fc1cc(N2CCCP2)c(F)c(C(F)(F)F)c1F. The summed E-state index contributed by atoms with van der Waals surface area (Å²) >= 11 is 0. The van der Waals surface area contributed by atoms with Gasteiger partial charge in [-0.25, -0.2) is 13.2 Å². The van der Waals surface area contributed by atoms with E-state index in [2.05, 4.69) is 0 Å². The first-order chi connectivity index (χ1) is 8.32. The summed E-state index contributed by atoms with van der Waals surface area (Å²) in [4.78, 5) is 0. The average Bonchev–Trinajstić information content (AvgIpc) is 2.74. The van der Waals surface area contributed by atoms with Gasteiger partial charge in [-0.1, -0.05) is 0 Å². The third-order valence-corrected chi connectivity index (χ3v) is 4.00. The van der Waals surface area contributed by atoms with Crippen molar-refractivity contribution < 1.29 is 26.3 Å². The van der Waals surface area contributed by atoms with Crippen LogP contribution in [0.15, 0.2) is 6.07 Å². The Morgan fingerprint density at radius 2 is 1.78 bits per heavy atom. The molecule has 0 saturated carbocycles. The minimum Gasteiger partial charge on any atom is -0.351 e. The molecule has 1 saturated heterocycles. The van der Waals surface area contributed by atoms with Crippen LogP contribution in [0.5, 0.6) is 0 Å². The van der Waals surface area contributed by atoms with Gasteiger partial charge in [0.25, 0.3) is 0 Å². The standard InChI is InChI=1S/C10H8F6NP/c11-5-4-6(17-2-1-3-18-17)9(13)7(8(5)12)10(14,15)16/h4,18H,1-3H2. The van der Waals surface area contributed by atoms with Gasteiger partial charge in [-0.2, -0.15) is 13.2 Å². The number of rotatable bonds is 1. The van der Waals surface area contributed by atoms with Crippen molar-refractivity contribution in [1.29, 1.82) is 0 Å². The summed E-state index contributed by atoms with van der Waals surface area (Å²) in [6, 6.07) is 0.484. The Morgan fingerprint density at radius 1 is 1.11 bits per heavy atom. The number of alkyl halides is 3. The highest BCUT2D eigenvalue weighted by Crippen LogP contribution is 2.42. The molecule has 1 unspecified atom stereocenters. The zero-order valence-electron chi connectivity index (χ0n) is 8.91. The number of hydrogen-bond acceptors (Lipinski definition) is 1. The molecule has 1 aliphatic rings. The highest BCUT2D eigenvalue weighted by Gasteiger charge is 2.41. The molecule has 1 heterocycles. The molecule has 1 fully saturated rings. The van der Waals surface area contributed by atoms with Gasteiger partial charge in [0.05, 0.1) is 5.69 Å². The van der Waals surface area contributed by atoms with E-state index >= 15 is 0 Å². The number of hydrogen-bond donors (Lipinski definition) is 0. The summed E-state index contributed by atoms with van der Waals surface area (Å²) in [5, 5.41) is 0. The van der Waals surface area contributed by atoms with Crippen LogP contribution in [0.3, 0.4) is 0 Å². The monoisotopic (exact) mass is 287 g/mol. The first-order valence-electron chi connectivity index (χ1n) is 5.08. The van der Waals surface area contributed by atoms with E-state index in [0.29, 0.717) is 25.2 Å². The molecule has 1 aromatic carbocycles. The lowest BCUT2D eigenvalue weighted by Gasteiger charge is -2.21. The molecule has 2 rings (SSSR count). The van der Waals surface area contributed by atoms with Crippen molar-refractivity contribution >= 4 is 14.4 Å². The molecule has 1 nitrogen and oxygen atoms in total. The molecular formula is C10H8F6NP. The molecule has 1 aliphatic heterocycles. The van der Waals surface area contributed by atoms with Crippen LogP contribution in [0.1, 0.15) is 12.0 Å². The fourth-order valence-corrected chi connectivity index (χ4v) is 3.01. The van der Waals surface area contributed by atoms with Crippen molar-refractivity contribution in [3.63, 3.8) is 0 Å². The Morgan fingerprint density at radius 3 is 2.28 bits per heavy atom. The van der Waals surface area contributed by atoms with Crippen LogP contribution in [0.2, 0.25) is 0 Å². The second-order valence-corrected chi connectivity index (χ2v) is 5.15. The summed E-state index contributed by atoms with van der Waals surface area (Å²) in [7, 11) is 0.0834. The third-order valence-electron chi connectivity index (χ3n) is 2.57. The van der Waals surface area contributed by atoms with Crippen molar-refractivity contribution in [2.45, 2.75) is 12.6 Å². The highest BCUT2D eigenvalue weighted by atomic mass is 31.1. The van der Waals surface area contributed by atoms with Crippen molar-refractivity contribution in [3.05, 3.63) is 29.1 Å². The van der Waals surface area contributed by atoms with Crippen LogP contribution in [0.25, 0.3) is 0 Å². The van der Waals surface area contributed by atoms with E-state index in [9.17, 15) is 26.3 Å². The molecule has 0 amide bonds. The average molecular weight is 287 g/mol. The first-order valence-corrected chi connectivity index (χ1v) is 6.23. The van der Waals surface area contributed by atoms with Gasteiger partial charge in [0.1, 0.15) is 5.56 Å². The summed E-state index contributed by atoms with van der Waals surface area (Å²) in [6.45, 7) is 0.345. The van der Waals surface area contributed by atoms with Crippen LogP contribution in [0, 0.1) is 17.5 Å². The van der Waals surface area contributed by atoms with Crippen molar-refractivity contribution in [3.8, 4) is 0 Å². The molecule has 18 heavy (non-hydrogen) atoms. The van der Waals surface area contributed by atoms with E-state index in [-0.39, 0.29) is 8.73 Å². The lowest BCUT2D eigenvalue weighted by atomic mass is 10.1. The van der Waals surface area contributed by atoms with Gasteiger partial charge in [-0.05, 0) is 21.3 Å². The lowest BCUT2D eigenvalue weighted by molar-refractivity contribution is -0.142. The van der Waals surface area contributed by atoms with Gasteiger partial charge in [0.15, 0.2) is 17.5 Å². The molecule has 1 atom stereocenters. The van der Waals surface area contributed by atoms with Crippen LogP contribution in [0.4, 0.5) is 32.0 Å². The lowest BCUT2D eigenvalue weighted by Crippen LogP contribution is -2.18. The number of nitrogens with zero attached hydrogens (tertiary/aromatic N) is 1. The zero-order chi connectivity index (χ0) is 13.5. The van der Waals surface area contributed by atoms with E-state index in [1.165, 1.54) is 4.67 Å². The van der Waals surface area contributed by atoms with Gasteiger partial charge >= 0.3 is 6.18 Å². The van der Waals surface area contributed by atoms with Gasteiger partial charge in [-0.3, -0.25) is 0 Å². The fourth-order valence-electron chi connectivity index (χ4n) is 1.77. The van der Waals surface area contributed by atoms with Crippen molar-refractivity contribution in [2.75, 3.05) is 17.4 Å². The number of anilines is 1. The van der Waals surface area contributed by atoms with E-state index < -0.39 is 34.9 Å². The number of halogens is 6. The molecule has 100 valence electrons. The second-order valence-electron chi connectivity index (χ2n) is 3.79. The molecular weight excluding hydrogens is 279 g/mol. The van der Waals surface area contributed by atoms with E-state index in [4.69, 9.17) is 0 Å². The zero-order valence-corrected chi connectivity index (χ0v) is 9.91. The van der Waals surface area contributed by atoms with Crippen LogP contribution in [-0.2, 0) is 6.18 Å². The van der Waals surface area contributed by atoms with E-state index in [0.717, 1.165) is 0 Å². The maximum atomic E-state index is 13.7. The molecule has 0 N–H and O–H groups in total. The quantitative estimate of drug-likeness (QED) is 0.430. The van der Waals surface area contributed by atoms with Gasteiger partial charge in [-0.15, -0.1) is 0 Å². The second kappa shape index (κ2) is 4.61. The van der Waals surface area contributed by atoms with Crippen LogP contribution in [-0.4, -0.2) is 12.7 Å². The topological polar surface area (TPSA) is 3.24 Å². The van der Waals surface area contributed by atoms with Crippen molar-refractivity contribution in [1.82, 2.24) is 0 Å². The molecule has 0 spiro atoms. The number of benzene rings is 1. The molecule has 8 heteroatoms. The summed E-state index contributed by atoms with van der Waals surface area (Å²) in [5.41, 5.74) is -2.67. The Labute approximate surface area is 101 Å². The molecule has 0 aliphatic carbocycles. The minimum atomic E-state index is -5.26. The first kappa shape index (κ1) is 13.5. The Balaban J connectivity index is 2.59. The van der Waals surface area contributed by atoms with Crippen molar-refractivity contribution in [2.24, 2.45) is 0 Å². The summed E-state index contributed by atoms with van der Waals surface area (Å²) in [5.74, 6) is -5.61. The van der Waals surface area contributed by atoms with Crippen LogP contribution < -0.4 is 4.67 Å². The predicted molar refractivity (Wildman–Crippen MR) is 56.5 cm³/mol. The van der Waals surface area contributed by atoms with Gasteiger partial charge < -0.3 is 4.67 Å².